The Kier molecular flexibility index (Phi) is 5.17. The number of aromatic nitrogens is 3. The summed E-state index contributed by atoms with van der Waals surface area (Å²) in [5.74, 6) is 1.12. The highest BCUT2D eigenvalue weighted by Gasteiger charge is 2.32. The lowest BCUT2D eigenvalue weighted by molar-refractivity contribution is -0.137. The van der Waals surface area contributed by atoms with Crippen molar-refractivity contribution in [3.63, 3.8) is 0 Å². The summed E-state index contributed by atoms with van der Waals surface area (Å²) in [5.41, 5.74) is 0.196. The van der Waals surface area contributed by atoms with Crippen LogP contribution in [0, 0.1) is 0 Å². The predicted octanol–water partition coefficient (Wildman–Crippen LogP) is 5.46. The minimum absolute atomic E-state index is 0.103. The van der Waals surface area contributed by atoms with E-state index in [0.29, 0.717) is 16.7 Å². The van der Waals surface area contributed by atoms with Gasteiger partial charge in [0.05, 0.1) is 17.7 Å². The molecule has 0 amide bonds. The molecular weight excluding hydrogens is 443 g/mol. The van der Waals surface area contributed by atoms with Crippen molar-refractivity contribution in [3.8, 4) is 5.75 Å². The number of hydrogen-bond acceptors (Lipinski definition) is 4. The van der Waals surface area contributed by atoms with Crippen LogP contribution in [0.2, 0.25) is 5.02 Å². The zero-order valence-electron chi connectivity index (χ0n) is 12.6. The average Bonchev–Trinajstić information content (AvgIpc) is 2.96. The molecule has 0 aliphatic carbocycles. The number of alkyl halides is 3. The van der Waals surface area contributed by atoms with Gasteiger partial charge in [-0.3, -0.25) is 4.40 Å². The second kappa shape index (κ2) is 7.05. The van der Waals surface area contributed by atoms with Gasteiger partial charge in [-0.25, -0.2) is 0 Å². The largest absolute Gasteiger partial charge is 0.496 e. The van der Waals surface area contributed by atoms with Gasteiger partial charge < -0.3 is 4.74 Å². The molecule has 0 unspecified atom stereocenters. The van der Waals surface area contributed by atoms with E-state index in [0.717, 1.165) is 22.3 Å². The Morgan fingerprint density at radius 2 is 2.04 bits per heavy atom. The molecule has 0 saturated carbocycles. The summed E-state index contributed by atoms with van der Waals surface area (Å²) in [5, 5.41) is 8.02. The first-order valence-electron chi connectivity index (χ1n) is 6.86. The Morgan fingerprint density at radius 3 is 2.72 bits per heavy atom. The number of ether oxygens (including phenoxy) is 1. The highest BCUT2D eigenvalue weighted by molar-refractivity contribution is 9.10. The number of rotatable bonds is 4. The standard InChI is InChI=1S/C15H10BrClF3N3OS/c1-24-12-3-2-10(16)4-8(12)7-25-14-22-21-13-11(17)5-9(6-23(13)14)15(18,19)20/h2-6H,7H2,1H3. The van der Waals surface area contributed by atoms with Crippen LogP contribution >= 0.6 is 39.3 Å². The number of benzene rings is 1. The third-order valence-electron chi connectivity index (χ3n) is 3.36. The van der Waals surface area contributed by atoms with Crippen LogP contribution in [0.25, 0.3) is 5.65 Å². The topological polar surface area (TPSA) is 39.4 Å². The molecule has 3 aromatic rings. The monoisotopic (exact) mass is 451 g/mol. The number of hydrogen-bond donors (Lipinski definition) is 0. The minimum Gasteiger partial charge on any atom is -0.496 e. The van der Waals surface area contributed by atoms with Gasteiger partial charge in [0.25, 0.3) is 0 Å². The molecule has 10 heteroatoms. The zero-order chi connectivity index (χ0) is 18.2. The molecule has 0 aliphatic rings. The molecule has 0 aliphatic heterocycles. The molecule has 2 aromatic heterocycles. The van der Waals surface area contributed by atoms with Crippen LogP contribution in [-0.2, 0) is 11.9 Å². The molecular formula is C15H10BrClF3N3OS. The number of nitrogens with zero attached hydrogens (tertiary/aromatic N) is 3. The quantitative estimate of drug-likeness (QED) is 0.493. The molecule has 2 heterocycles. The van der Waals surface area contributed by atoms with Crippen molar-refractivity contribution in [2.24, 2.45) is 0 Å². The zero-order valence-corrected chi connectivity index (χ0v) is 15.8. The van der Waals surface area contributed by atoms with Crippen molar-refractivity contribution in [1.29, 1.82) is 0 Å². The van der Waals surface area contributed by atoms with E-state index in [9.17, 15) is 13.2 Å². The van der Waals surface area contributed by atoms with Gasteiger partial charge in [-0.1, -0.05) is 39.3 Å². The van der Waals surface area contributed by atoms with Gasteiger partial charge in [-0.15, -0.1) is 10.2 Å². The van der Waals surface area contributed by atoms with Crippen molar-refractivity contribution < 1.29 is 17.9 Å². The van der Waals surface area contributed by atoms with Gasteiger partial charge >= 0.3 is 6.18 Å². The lowest BCUT2D eigenvalue weighted by Gasteiger charge is -2.10. The van der Waals surface area contributed by atoms with E-state index in [-0.39, 0.29) is 10.7 Å². The third kappa shape index (κ3) is 3.88. The summed E-state index contributed by atoms with van der Waals surface area (Å²) in [4.78, 5) is 0. The lowest BCUT2D eigenvalue weighted by Crippen LogP contribution is -2.07. The SMILES string of the molecule is COc1ccc(Br)cc1CSc1nnc2c(Cl)cc(C(F)(F)F)cn12. The van der Waals surface area contributed by atoms with Crippen molar-refractivity contribution in [2.75, 3.05) is 7.11 Å². The maximum atomic E-state index is 13.0. The Labute approximate surface area is 158 Å². The molecule has 3 rings (SSSR count). The molecule has 0 saturated heterocycles. The normalized spacial score (nSPS) is 11.9. The summed E-state index contributed by atoms with van der Waals surface area (Å²) in [6.07, 6.45) is -3.56. The first-order chi connectivity index (χ1) is 11.8. The smallest absolute Gasteiger partial charge is 0.417 e. The van der Waals surface area contributed by atoms with Crippen LogP contribution in [-0.4, -0.2) is 21.7 Å². The third-order valence-corrected chi connectivity index (χ3v) is 5.12. The molecule has 0 radical (unpaired) electrons. The van der Waals surface area contributed by atoms with Gasteiger partial charge in [0, 0.05) is 22.0 Å². The average molecular weight is 453 g/mol. The summed E-state index contributed by atoms with van der Waals surface area (Å²) in [6, 6.07) is 6.37. The number of pyridine rings is 1. The number of fused-ring (bicyclic) bond motifs is 1. The number of methoxy groups -OCH3 is 1. The maximum absolute atomic E-state index is 13.0. The fourth-order valence-corrected chi connectivity index (χ4v) is 3.73. The maximum Gasteiger partial charge on any atom is 0.417 e. The Balaban J connectivity index is 1.95. The fraction of sp³-hybridized carbons (Fsp3) is 0.200. The van der Waals surface area contributed by atoms with E-state index in [1.54, 1.807) is 13.2 Å². The first kappa shape index (κ1) is 18.3. The van der Waals surface area contributed by atoms with Crippen molar-refractivity contribution in [2.45, 2.75) is 17.1 Å². The molecule has 4 nitrogen and oxygen atoms in total. The number of halogens is 5. The van der Waals surface area contributed by atoms with E-state index in [4.69, 9.17) is 16.3 Å². The minimum atomic E-state index is -4.50. The van der Waals surface area contributed by atoms with Crippen molar-refractivity contribution in [1.82, 2.24) is 14.6 Å². The Morgan fingerprint density at radius 1 is 1.28 bits per heavy atom. The molecule has 0 fully saturated rings. The molecule has 0 bridgehead atoms. The number of thioether (sulfide) groups is 1. The highest BCUT2D eigenvalue weighted by Crippen LogP contribution is 2.34. The molecule has 0 spiro atoms. The second-order valence-corrected chi connectivity index (χ2v) is 7.26. The van der Waals surface area contributed by atoms with Gasteiger partial charge in [0.2, 0.25) is 0 Å². The van der Waals surface area contributed by atoms with Crippen LogP contribution in [0.3, 0.4) is 0 Å². The molecule has 0 atom stereocenters. The van der Waals surface area contributed by atoms with E-state index in [1.807, 2.05) is 12.1 Å². The molecule has 1 aromatic carbocycles. The molecule has 25 heavy (non-hydrogen) atoms. The summed E-state index contributed by atoms with van der Waals surface area (Å²) in [6.45, 7) is 0. The van der Waals surface area contributed by atoms with Crippen molar-refractivity contribution >= 4 is 44.9 Å². The Bertz CT molecular complexity index is 932. The van der Waals surface area contributed by atoms with E-state index in [2.05, 4.69) is 26.1 Å². The van der Waals surface area contributed by atoms with Gasteiger partial charge in [-0.05, 0) is 24.3 Å². The lowest BCUT2D eigenvalue weighted by atomic mass is 10.2. The van der Waals surface area contributed by atoms with E-state index < -0.39 is 11.7 Å². The second-order valence-electron chi connectivity index (χ2n) is 5.00. The van der Waals surface area contributed by atoms with Crippen LogP contribution in [0.1, 0.15) is 11.1 Å². The predicted molar refractivity (Wildman–Crippen MR) is 93.3 cm³/mol. The molecule has 132 valence electrons. The summed E-state index contributed by atoms with van der Waals surface area (Å²) in [7, 11) is 1.55. The fourth-order valence-electron chi connectivity index (χ4n) is 2.19. The van der Waals surface area contributed by atoms with Gasteiger partial charge in [-0.2, -0.15) is 13.2 Å². The first-order valence-corrected chi connectivity index (χ1v) is 9.02. The summed E-state index contributed by atoms with van der Waals surface area (Å²) >= 11 is 10.5. The van der Waals surface area contributed by atoms with E-state index in [1.165, 1.54) is 16.2 Å². The van der Waals surface area contributed by atoms with Crippen LogP contribution < -0.4 is 4.74 Å². The van der Waals surface area contributed by atoms with Crippen molar-refractivity contribution in [3.05, 3.63) is 51.1 Å². The van der Waals surface area contributed by atoms with Crippen LogP contribution in [0.4, 0.5) is 13.2 Å². The summed E-state index contributed by atoms with van der Waals surface area (Å²) < 4.78 is 46.4. The van der Waals surface area contributed by atoms with Crippen LogP contribution in [0.5, 0.6) is 5.75 Å². The van der Waals surface area contributed by atoms with Crippen LogP contribution in [0.15, 0.2) is 40.1 Å². The highest BCUT2D eigenvalue weighted by atomic mass is 79.9. The van der Waals surface area contributed by atoms with E-state index >= 15 is 0 Å². The van der Waals surface area contributed by atoms with Gasteiger partial charge in [0.1, 0.15) is 5.75 Å². The van der Waals surface area contributed by atoms with Gasteiger partial charge in [0.15, 0.2) is 10.8 Å². The Hall–Kier alpha value is -1.45. The molecule has 0 N–H and O–H groups in total.